The molecule has 0 amide bonds. The van der Waals surface area contributed by atoms with Crippen molar-refractivity contribution in [2.45, 2.75) is 52.2 Å². The van der Waals surface area contributed by atoms with Crippen LogP contribution in [0, 0.1) is 5.41 Å². The molecule has 0 aliphatic carbocycles. The number of aromatic nitrogens is 2. The minimum absolute atomic E-state index is 0.144. The van der Waals surface area contributed by atoms with E-state index < -0.39 is 0 Å². The third-order valence-corrected chi connectivity index (χ3v) is 3.30. The van der Waals surface area contributed by atoms with E-state index in [-0.39, 0.29) is 12.1 Å². The van der Waals surface area contributed by atoms with Crippen LogP contribution < -0.4 is 5.32 Å². The summed E-state index contributed by atoms with van der Waals surface area (Å²) >= 11 is 0. The summed E-state index contributed by atoms with van der Waals surface area (Å²) < 4.78 is 10.6. The van der Waals surface area contributed by atoms with E-state index in [1.165, 1.54) is 0 Å². The Morgan fingerprint density at radius 3 is 2.83 bits per heavy atom. The van der Waals surface area contributed by atoms with Gasteiger partial charge in [0, 0.05) is 20.1 Å². The van der Waals surface area contributed by atoms with Crippen LogP contribution in [0.3, 0.4) is 0 Å². The van der Waals surface area contributed by atoms with Gasteiger partial charge in [-0.1, -0.05) is 25.9 Å². The largest absolute Gasteiger partial charge is 0.380 e. The highest BCUT2D eigenvalue weighted by Crippen LogP contribution is 2.24. The maximum atomic E-state index is 5.33. The van der Waals surface area contributed by atoms with E-state index in [9.17, 15) is 0 Å². The van der Waals surface area contributed by atoms with Gasteiger partial charge in [0.1, 0.15) is 0 Å². The van der Waals surface area contributed by atoms with Gasteiger partial charge in [0.25, 0.3) is 0 Å². The molecule has 0 radical (unpaired) electrons. The van der Waals surface area contributed by atoms with Crippen molar-refractivity contribution in [1.82, 2.24) is 15.5 Å². The Kier molecular flexibility index (Phi) is 4.02. The maximum Gasteiger partial charge on any atom is 0.243 e. The van der Waals surface area contributed by atoms with Crippen LogP contribution in [0.15, 0.2) is 4.52 Å². The first-order chi connectivity index (χ1) is 8.48. The predicted molar refractivity (Wildman–Crippen MR) is 68.2 cm³/mol. The fraction of sp³-hybridized carbons (Fsp3) is 0.846. The third kappa shape index (κ3) is 3.53. The number of hydrogen-bond acceptors (Lipinski definition) is 5. The van der Waals surface area contributed by atoms with Crippen LogP contribution in [0.2, 0.25) is 0 Å². The first-order valence-corrected chi connectivity index (χ1v) is 6.56. The lowest BCUT2D eigenvalue weighted by Gasteiger charge is -2.15. The molecule has 1 aromatic heterocycles. The molecule has 1 aliphatic heterocycles. The monoisotopic (exact) mass is 253 g/mol. The average molecular weight is 253 g/mol. The summed E-state index contributed by atoms with van der Waals surface area (Å²) in [7, 11) is 1.73. The molecule has 1 N–H and O–H groups in total. The van der Waals surface area contributed by atoms with Crippen molar-refractivity contribution in [2.24, 2.45) is 5.41 Å². The van der Waals surface area contributed by atoms with Crippen molar-refractivity contribution in [3.63, 3.8) is 0 Å². The third-order valence-electron chi connectivity index (χ3n) is 3.30. The van der Waals surface area contributed by atoms with Crippen LogP contribution >= 0.6 is 0 Å². The van der Waals surface area contributed by atoms with Crippen LogP contribution in [-0.4, -0.2) is 29.9 Å². The molecule has 0 unspecified atom stereocenters. The van der Waals surface area contributed by atoms with Gasteiger partial charge in [-0.25, -0.2) is 0 Å². The number of methoxy groups -OCH3 is 1. The molecular weight excluding hydrogens is 230 g/mol. The fourth-order valence-electron chi connectivity index (χ4n) is 2.07. The Morgan fingerprint density at radius 2 is 2.22 bits per heavy atom. The zero-order valence-corrected chi connectivity index (χ0v) is 11.7. The van der Waals surface area contributed by atoms with E-state index in [4.69, 9.17) is 9.26 Å². The topological polar surface area (TPSA) is 60.2 Å². The van der Waals surface area contributed by atoms with Crippen LogP contribution in [-0.2, 0) is 11.2 Å². The SMILES string of the molecule is CO[C@@H]1CN[C@@H](c2nc(CCC(C)(C)C)no2)C1. The van der Waals surface area contributed by atoms with Gasteiger partial charge < -0.3 is 14.6 Å². The van der Waals surface area contributed by atoms with Crippen molar-refractivity contribution in [3.05, 3.63) is 11.7 Å². The molecule has 2 atom stereocenters. The second kappa shape index (κ2) is 5.36. The molecule has 2 heterocycles. The molecule has 0 bridgehead atoms. The Morgan fingerprint density at radius 1 is 1.44 bits per heavy atom. The smallest absolute Gasteiger partial charge is 0.243 e. The molecule has 0 spiro atoms. The molecule has 1 fully saturated rings. The van der Waals surface area contributed by atoms with E-state index in [1.54, 1.807) is 7.11 Å². The second-order valence-corrected chi connectivity index (χ2v) is 6.16. The van der Waals surface area contributed by atoms with E-state index in [1.807, 2.05) is 0 Å². The Labute approximate surface area is 108 Å². The summed E-state index contributed by atoms with van der Waals surface area (Å²) in [4.78, 5) is 4.47. The Hall–Kier alpha value is -0.940. The summed E-state index contributed by atoms with van der Waals surface area (Å²) in [6, 6.07) is 0.144. The molecule has 102 valence electrons. The highest BCUT2D eigenvalue weighted by Gasteiger charge is 2.29. The van der Waals surface area contributed by atoms with Gasteiger partial charge in [-0.15, -0.1) is 0 Å². The number of hydrogen-bond donors (Lipinski definition) is 1. The quantitative estimate of drug-likeness (QED) is 0.890. The molecule has 1 aromatic rings. The zero-order chi connectivity index (χ0) is 13.2. The number of nitrogens with one attached hydrogen (secondary N) is 1. The molecule has 2 rings (SSSR count). The number of ether oxygens (including phenoxy) is 1. The van der Waals surface area contributed by atoms with Gasteiger partial charge in [0.05, 0.1) is 12.1 Å². The van der Waals surface area contributed by atoms with Gasteiger partial charge >= 0.3 is 0 Å². The highest BCUT2D eigenvalue weighted by molar-refractivity contribution is 4.98. The van der Waals surface area contributed by atoms with Crippen molar-refractivity contribution in [3.8, 4) is 0 Å². The Bertz CT molecular complexity index is 384. The van der Waals surface area contributed by atoms with Crippen LogP contribution in [0.25, 0.3) is 0 Å². The molecule has 5 nitrogen and oxygen atoms in total. The predicted octanol–water partition coefficient (Wildman–Crippen LogP) is 2.10. The number of rotatable bonds is 4. The molecule has 0 saturated carbocycles. The van der Waals surface area contributed by atoms with Crippen LogP contribution in [0.5, 0.6) is 0 Å². The van der Waals surface area contributed by atoms with Gasteiger partial charge in [0.2, 0.25) is 5.89 Å². The summed E-state index contributed by atoms with van der Waals surface area (Å²) in [5, 5.41) is 7.39. The lowest BCUT2D eigenvalue weighted by molar-refractivity contribution is 0.116. The lowest BCUT2D eigenvalue weighted by Crippen LogP contribution is -2.16. The summed E-state index contributed by atoms with van der Waals surface area (Å²) in [6.07, 6.45) is 3.08. The van der Waals surface area contributed by atoms with Crippen LogP contribution in [0.4, 0.5) is 0 Å². The summed E-state index contributed by atoms with van der Waals surface area (Å²) in [5.41, 5.74) is 0.299. The summed E-state index contributed by atoms with van der Waals surface area (Å²) in [6.45, 7) is 7.50. The van der Waals surface area contributed by atoms with E-state index in [2.05, 4.69) is 36.2 Å². The van der Waals surface area contributed by atoms with Crippen molar-refractivity contribution < 1.29 is 9.26 Å². The van der Waals surface area contributed by atoms with Gasteiger partial charge in [-0.3, -0.25) is 0 Å². The minimum atomic E-state index is 0.144. The maximum absolute atomic E-state index is 5.33. The highest BCUT2D eigenvalue weighted by atomic mass is 16.5. The minimum Gasteiger partial charge on any atom is -0.380 e. The molecule has 5 heteroatoms. The molecule has 0 aromatic carbocycles. The van der Waals surface area contributed by atoms with Gasteiger partial charge in [-0.2, -0.15) is 4.98 Å². The van der Waals surface area contributed by atoms with E-state index in [0.717, 1.165) is 31.6 Å². The average Bonchev–Trinajstić information content (AvgIpc) is 2.94. The van der Waals surface area contributed by atoms with Crippen molar-refractivity contribution in [2.75, 3.05) is 13.7 Å². The molecular formula is C13H23N3O2. The molecule has 1 saturated heterocycles. The normalized spacial score (nSPS) is 24.7. The fourth-order valence-corrected chi connectivity index (χ4v) is 2.07. The van der Waals surface area contributed by atoms with Crippen molar-refractivity contribution >= 4 is 0 Å². The van der Waals surface area contributed by atoms with Gasteiger partial charge in [-0.05, 0) is 18.3 Å². The first kappa shape index (κ1) is 13.5. The molecule has 1 aliphatic rings. The van der Waals surface area contributed by atoms with E-state index >= 15 is 0 Å². The number of nitrogens with zero attached hydrogens (tertiary/aromatic N) is 2. The van der Waals surface area contributed by atoms with Crippen molar-refractivity contribution in [1.29, 1.82) is 0 Å². The number of aryl methyl sites for hydroxylation is 1. The zero-order valence-electron chi connectivity index (χ0n) is 11.7. The van der Waals surface area contributed by atoms with E-state index in [0.29, 0.717) is 11.3 Å². The first-order valence-electron chi connectivity index (χ1n) is 6.56. The Balaban J connectivity index is 1.90. The molecule has 18 heavy (non-hydrogen) atoms. The van der Waals surface area contributed by atoms with Crippen LogP contribution in [0.1, 0.15) is 51.4 Å². The summed E-state index contributed by atoms with van der Waals surface area (Å²) in [5.74, 6) is 1.50. The lowest BCUT2D eigenvalue weighted by atomic mass is 9.90. The van der Waals surface area contributed by atoms with Gasteiger partial charge in [0.15, 0.2) is 5.82 Å². The standard InChI is InChI=1S/C13H23N3O2/c1-13(2,3)6-5-11-15-12(18-16-11)10-7-9(17-4)8-14-10/h9-10,14H,5-8H2,1-4H3/t9-,10+/m0/s1. The second-order valence-electron chi connectivity index (χ2n) is 6.16.